The zero-order valence-electron chi connectivity index (χ0n) is 14.1. The first-order chi connectivity index (χ1) is 10.8. The van der Waals surface area contributed by atoms with E-state index in [1.807, 2.05) is 24.0 Å². The molecule has 23 heavy (non-hydrogen) atoms. The van der Waals surface area contributed by atoms with Gasteiger partial charge in [0.2, 0.25) is 5.91 Å². The summed E-state index contributed by atoms with van der Waals surface area (Å²) >= 11 is 6.15. The number of urea groups is 1. The van der Waals surface area contributed by atoms with Gasteiger partial charge in [-0.05, 0) is 31.4 Å². The van der Waals surface area contributed by atoms with Crippen LogP contribution in [0.2, 0.25) is 5.02 Å². The Bertz CT molecular complexity index is 583. The van der Waals surface area contributed by atoms with Gasteiger partial charge in [-0.3, -0.25) is 4.79 Å². The highest BCUT2D eigenvalue weighted by Gasteiger charge is 2.34. The van der Waals surface area contributed by atoms with Crippen LogP contribution in [0.15, 0.2) is 18.2 Å². The largest absolute Gasteiger partial charge is 0.339 e. The lowest BCUT2D eigenvalue weighted by Gasteiger charge is -2.39. The average molecular weight is 338 g/mol. The summed E-state index contributed by atoms with van der Waals surface area (Å²) in [6.07, 6.45) is 0. The Morgan fingerprint density at radius 1 is 1.39 bits per heavy atom. The molecular formula is C17H24ClN3O2. The van der Waals surface area contributed by atoms with Gasteiger partial charge in [0.1, 0.15) is 6.04 Å². The number of rotatable bonds is 3. The third-order valence-corrected chi connectivity index (χ3v) is 4.36. The molecule has 126 valence electrons. The number of amides is 3. The molecule has 0 spiro atoms. The van der Waals surface area contributed by atoms with Crippen LogP contribution in [-0.2, 0) is 4.79 Å². The van der Waals surface area contributed by atoms with Gasteiger partial charge in [0.05, 0.1) is 10.7 Å². The second kappa shape index (κ2) is 7.21. The van der Waals surface area contributed by atoms with E-state index >= 15 is 0 Å². The molecular weight excluding hydrogens is 314 g/mol. The van der Waals surface area contributed by atoms with Crippen LogP contribution in [-0.4, -0.2) is 47.4 Å². The predicted molar refractivity (Wildman–Crippen MR) is 92.8 cm³/mol. The number of nitrogens with zero attached hydrogens (tertiary/aromatic N) is 2. The molecule has 0 aliphatic carbocycles. The molecule has 0 unspecified atom stereocenters. The molecule has 1 N–H and O–H groups in total. The number of halogens is 1. The van der Waals surface area contributed by atoms with Gasteiger partial charge >= 0.3 is 6.03 Å². The Morgan fingerprint density at radius 2 is 2.09 bits per heavy atom. The summed E-state index contributed by atoms with van der Waals surface area (Å²) in [5.74, 6) is 0.410. The van der Waals surface area contributed by atoms with E-state index in [2.05, 4.69) is 19.2 Å². The fourth-order valence-corrected chi connectivity index (χ4v) is 3.07. The summed E-state index contributed by atoms with van der Waals surface area (Å²) < 4.78 is 0. The Kier molecular flexibility index (Phi) is 5.52. The van der Waals surface area contributed by atoms with Crippen molar-refractivity contribution in [2.45, 2.75) is 33.7 Å². The molecule has 0 saturated carbocycles. The maximum atomic E-state index is 12.5. The Morgan fingerprint density at radius 3 is 2.70 bits per heavy atom. The quantitative estimate of drug-likeness (QED) is 0.919. The summed E-state index contributed by atoms with van der Waals surface area (Å²) in [6.45, 7) is 9.63. The summed E-state index contributed by atoms with van der Waals surface area (Å²) in [6, 6.07) is 4.71. The molecule has 5 nitrogen and oxygen atoms in total. The van der Waals surface area contributed by atoms with Crippen LogP contribution in [0.4, 0.5) is 10.5 Å². The Labute approximate surface area is 142 Å². The fraction of sp³-hybridized carbons (Fsp3) is 0.529. The van der Waals surface area contributed by atoms with Gasteiger partial charge < -0.3 is 15.1 Å². The number of anilines is 1. The molecule has 1 fully saturated rings. The number of para-hydroxylation sites is 1. The number of benzene rings is 1. The molecule has 1 heterocycles. The van der Waals surface area contributed by atoms with Crippen molar-refractivity contribution >= 4 is 29.2 Å². The van der Waals surface area contributed by atoms with Gasteiger partial charge in [0, 0.05) is 19.6 Å². The van der Waals surface area contributed by atoms with Crippen molar-refractivity contribution in [3.05, 3.63) is 28.8 Å². The van der Waals surface area contributed by atoms with Crippen molar-refractivity contribution in [1.29, 1.82) is 0 Å². The molecule has 0 radical (unpaired) electrons. The first-order valence-electron chi connectivity index (χ1n) is 7.92. The van der Waals surface area contributed by atoms with Gasteiger partial charge in [-0.15, -0.1) is 0 Å². The first kappa shape index (κ1) is 17.6. The van der Waals surface area contributed by atoms with Crippen molar-refractivity contribution < 1.29 is 9.59 Å². The zero-order chi connectivity index (χ0) is 17.1. The second-order valence-electron chi connectivity index (χ2n) is 6.41. The SMILES string of the molecule is Cc1cccc(Cl)c1NC(=O)N1CCN(CC(C)C)C(=O)[C@@H]1C. The van der Waals surface area contributed by atoms with Gasteiger partial charge in [0.25, 0.3) is 0 Å². The minimum atomic E-state index is -0.467. The minimum Gasteiger partial charge on any atom is -0.339 e. The number of hydrogen-bond acceptors (Lipinski definition) is 2. The Hall–Kier alpha value is -1.75. The summed E-state index contributed by atoms with van der Waals surface area (Å²) in [4.78, 5) is 28.4. The molecule has 0 aromatic heterocycles. The third kappa shape index (κ3) is 3.96. The van der Waals surface area contributed by atoms with E-state index in [1.54, 1.807) is 17.9 Å². The summed E-state index contributed by atoms with van der Waals surface area (Å²) in [5, 5.41) is 3.34. The summed E-state index contributed by atoms with van der Waals surface area (Å²) in [5.41, 5.74) is 1.49. The van der Waals surface area contributed by atoms with Gasteiger partial charge in [0.15, 0.2) is 0 Å². The van der Waals surface area contributed by atoms with Crippen LogP contribution in [0.3, 0.4) is 0 Å². The van der Waals surface area contributed by atoms with E-state index in [4.69, 9.17) is 11.6 Å². The van der Waals surface area contributed by atoms with Gasteiger partial charge in [-0.2, -0.15) is 0 Å². The van der Waals surface area contributed by atoms with Crippen LogP contribution >= 0.6 is 11.6 Å². The highest BCUT2D eigenvalue weighted by Crippen LogP contribution is 2.26. The van der Waals surface area contributed by atoms with Gasteiger partial charge in [-0.1, -0.05) is 37.6 Å². The van der Waals surface area contributed by atoms with E-state index in [-0.39, 0.29) is 11.9 Å². The number of carbonyl (C=O) groups is 2. The van der Waals surface area contributed by atoms with E-state index in [0.29, 0.717) is 29.7 Å². The van der Waals surface area contributed by atoms with E-state index in [1.165, 1.54) is 0 Å². The van der Waals surface area contributed by atoms with E-state index < -0.39 is 6.04 Å². The highest BCUT2D eigenvalue weighted by molar-refractivity contribution is 6.33. The van der Waals surface area contributed by atoms with Crippen molar-refractivity contribution in [3.63, 3.8) is 0 Å². The standard InChI is InChI=1S/C17H24ClN3O2/c1-11(2)10-20-8-9-21(13(4)16(20)22)17(23)19-15-12(3)6-5-7-14(15)18/h5-7,11,13H,8-10H2,1-4H3,(H,19,23)/t13-/m0/s1. The Balaban J connectivity index is 2.08. The maximum Gasteiger partial charge on any atom is 0.322 e. The van der Waals surface area contributed by atoms with Crippen molar-refractivity contribution in [3.8, 4) is 0 Å². The van der Waals surface area contributed by atoms with Gasteiger partial charge in [-0.25, -0.2) is 4.79 Å². The number of nitrogens with one attached hydrogen (secondary N) is 1. The molecule has 1 aromatic carbocycles. The lowest BCUT2D eigenvalue weighted by molar-refractivity contribution is -0.139. The molecule has 1 atom stereocenters. The van der Waals surface area contributed by atoms with Crippen molar-refractivity contribution in [2.24, 2.45) is 5.92 Å². The molecule has 1 aliphatic rings. The van der Waals surface area contributed by atoms with Crippen LogP contribution in [0.1, 0.15) is 26.3 Å². The second-order valence-corrected chi connectivity index (χ2v) is 6.82. The summed E-state index contributed by atoms with van der Waals surface area (Å²) in [7, 11) is 0. The minimum absolute atomic E-state index is 0.00372. The fourth-order valence-electron chi connectivity index (χ4n) is 2.80. The van der Waals surface area contributed by atoms with E-state index in [9.17, 15) is 9.59 Å². The van der Waals surface area contributed by atoms with Crippen LogP contribution < -0.4 is 5.32 Å². The number of piperazine rings is 1. The lowest BCUT2D eigenvalue weighted by Crippen LogP contribution is -2.59. The maximum absolute atomic E-state index is 12.5. The molecule has 2 rings (SSSR count). The first-order valence-corrected chi connectivity index (χ1v) is 8.30. The molecule has 6 heteroatoms. The zero-order valence-corrected chi connectivity index (χ0v) is 14.9. The number of carbonyl (C=O) groups excluding carboxylic acids is 2. The molecule has 1 aromatic rings. The highest BCUT2D eigenvalue weighted by atomic mass is 35.5. The topological polar surface area (TPSA) is 52.7 Å². The monoisotopic (exact) mass is 337 g/mol. The van der Waals surface area contributed by atoms with Crippen LogP contribution in [0.5, 0.6) is 0 Å². The normalized spacial score (nSPS) is 18.5. The van der Waals surface area contributed by atoms with Crippen molar-refractivity contribution in [1.82, 2.24) is 9.80 Å². The van der Waals surface area contributed by atoms with Crippen molar-refractivity contribution in [2.75, 3.05) is 25.0 Å². The third-order valence-electron chi connectivity index (χ3n) is 4.05. The smallest absolute Gasteiger partial charge is 0.322 e. The number of aryl methyl sites for hydroxylation is 1. The molecule has 1 aliphatic heterocycles. The van der Waals surface area contributed by atoms with Crippen LogP contribution in [0.25, 0.3) is 0 Å². The lowest BCUT2D eigenvalue weighted by atomic mass is 10.1. The molecule has 1 saturated heterocycles. The number of hydrogen-bond donors (Lipinski definition) is 1. The molecule has 0 bridgehead atoms. The van der Waals surface area contributed by atoms with Crippen LogP contribution in [0, 0.1) is 12.8 Å². The average Bonchev–Trinajstić information content (AvgIpc) is 2.47. The molecule has 3 amide bonds. The predicted octanol–water partition coefficient (Wildman–Crippen LogP) is 3.37. The van der Waals surface area contributed by atoms with E-state index in [0.717, 1.165) is 12.1 Å².